The van der Waals surface area contributed by atoms with E-state index in [9.17, 15) is 9.59 Å². The molecule has 0 saturated heterocycles. The van der Waals surface area contributed by atoms with Crippen LogP contribution in [-0.4, -0.2) is 28.6 Å². The maximum absolute atomic E-state index is 11.5. The Morgan fingerprint density at radius 2 is 2.12 bits per heavy atom. The molecule has 0 aliphatic carbocycles. The van der Waals surface area contributed by atoms with Gasteiger partial charge in [-0.25, -0.2) is 10.3 Å². The fourth-order valence-electron chi connectivity index (χ4n) is 1.14. The normalized spacial score (nSPS) is 9.88. The van der Waals surface area contributed by atoms with Crippen LogP contribution in [0.25, 0.3) is 0 Å². The Hall–Kier alpha value is -1.95. The Bertz CT molecular complexity index is 417. The lowest BCUT2D eigenvalue weighted by Crippen LogP contribution is -2.27. The number of hydrogen-bond donors (Lipinski definition) is 2. The van der Waals surface area contributed by atoms with E-state index >= 15 is 0 Å². The third kappa shape index (κ3) is 3.32. The molecule has 1 aromatic heterocycles. The molecule has 1 amide bonds. The number of nitrogens with one attached hydrogen (secondary N) is 1. The maximum atomic E-state index is 11.5. The van der Waals surface area contributed by atoms with Crippen molar-refractivity contribution in [2.24, 2.45) is 0 Å². The molecule has 0 bridgehead atoms. The molecule has 0 aliphatic rings. The second-order valence-electron chi connectivity index (χ2n) is 3.20. The molecule has 16 heavy (non-hydrogen) atoms. The summed E-state index contributed by atoms with van der Waals surface area (Å²) >= 11 is 0. The van der Waals surface area contributed by atoms with Crippen molar-refractivity contribution in [2.75, 3.05) is 6.61 Å². The van der Waals surface area contributed by atoms with Crippen molar-refractivity contribution in [3.8, 4) is 0 Å². The fraction of sp³-hybridized carbons (Fsp3) is 0.300. The maximum Gasteiger partial charge on any atom is 0.332 e. The van der Waals surface area contributed by atoms with Gasteiger partial charge in [-0.05, 0) is 26.0 Å². The van der Waals surface area contributed by atoms with E-state index in [2.05, 4.69) is 9.82 Å². The number of carbonyl (C=O) groups excluding carboxylic acids is 1. The SMILES string of the molecule is Cc1ccc(C(=O)NOCC(=O)O)c(C)n1. The van der Waals surface area contributed by atoms with Crippen LogP contribution in [0.15, 0.2) is 12.1 Å². The van der Waals surface area contributed by atoms with Gasteiger partial charge in [-0.15, -0.1) is 0 Å². The van der Waals surface area contributed by atoms with Gasteiger partial charge in [0, 0.05) is 5.69 Å². The number of aryl methyl sites for hydroxylation is 2. The van der Waals surface area contributed by atoms with E-state index in [0.29, 0.717) is 11.3 Å². The molecule has 0 saturated carbocycles. The van der Waals surface area contributed by atoms with Crippen LogP contribution in [0.2, 0.25) is 0 Å². The number of carbonyl (C=O) groups is 2. The highest BCUT2D eigenvalue weighted by Crippen LogP contribution is 2.05. The smallest absolute Gasteiger partial charge is 0.332 e. The molecule has 2 N–H and O–H groups in total. The Labute approximate surface area is 92.2 Å². The molecule has 0 aromatic carbocycles. The number of carboxylic acid groups (broad SMARTS) is 1. The van der Waals surface area contributed by atoms with Crippen molar-refractivity contribution in [3.05, 3.63) is 29.1 Å². The standard InChI is InChI=1S/C10H12N2O4/c1-6-3-4-8(7(2)11-6)10(15)12-16-5-9(13)14/h3-4H,5H2,1-2H3,(H,12,15)(H,13,14). The number of rotatable bonds is 4. The minimum absolute atomic E-state index is 0.357. The van der Waals surface area contributed by atoms with Gasteiger partial charge in [0.05, 0.1) is 11.3 Å². The van der Waals surface area contributed by atoms with Crippen LogP contribution in [0.1, 0.15) is 21.7 Å². The fourth-order valence-corrected chi connectivity index (χ4v) is 1.14. The van der Waals surface area contributed by atoms with Crippen LogP contribution < -0.4 is 5.48 Å². The summed E-state index contributed by atoms with van der Waals surface area (Å²) in [5.41, 5.74) is 3.76. The van der Waals surface area contributed by atoms with Crippen LogP contribution in [-0.2, 0) is 9.63 Å². The first-order chi connectivity index (χ1) is 7.50. The molecule has 6 heteroatoms. The van der Waals surface area contributed by atoms with Crippen molar-refractivity contribution in [3.63, 3.8) is 0 Å². The number of aliphatic carboxylic acids is 1. The summed E-state index contributed by atoms with van der Waals surface area (Å²) in [5, 5.41) is 8.30. The third-order valence-corrected chi connectivity index (χ3v) is 1.83. The highest BCUT2D eigenvalue weighted by Gasteiger charge is 2.10. The van der Waals surface area contributed by atoms with Crippen LogP contribution in [0.5, 0.6) is 0 Å². The molecule has 0 fully saturated rings. The molecule has 1 heterocycles. The summed E-state index contributed by atoms with van der Waals surface area (Å²) in [5.74, 6) is -1.66. The van der Waals surface area contributed by atoms with E-state index in [1.165, 1.54) is 0 Å². The first-order valence-corrected chi connectivity index (χ1v) is 4.59. The first kappa shape index (κ1) is 12.1. The largest absolute Gasteiger partial charge is 0.479 e. The summed E-state index contributed by atoms with van der Waals surface area (Å²) in [6, 6.07) is 3.30. The number of hydrogen-bond acceptors (Lipinski definition) is 4. The predicted molar refractivity (Wildman–Crippen MR) is 54.8 cm³/mol. The third-order valence-electron chi connectivity index (χ3n) is 1.83. The highest BCUT2D eigenvalue weighted by atomic mass is 16.7. The van der Waals surface area contributed by atoms with Gasteiger partial charge in [0.1, 0.15) is 0 Å². The average Bonchev–Trinajstić information content (AvgIpc) is 2.16. The van der Waals surface area contributed by atoms with Gasteiger partial charge in [-0.3, -0.25) is 14.6 Å². The van der Waals surface area contributed by atoms with Gasteiger partial charge < -0.3 is 5.11 Å². The second kappa shape index (κ2) is 5.22. The van der Waals surface area contributed by atoms with Gasteiger partial charge >= 0.3 is 5.97 Å². The van der Waals surface area contributed by atoms with Crippen LogP contribution in [0, 0.1) is 13.8 Å². The van der Waals surface area contributed by atoms with Crippen LogP contribution in [0.4, 0.5) is 0 Å². The van der Waals surface area contributed by atoms with E-state index < -0.39 is 18.5 Å². The molecular formula is C10H12N2O4. The summed E-state index contributed by atoms with van der Waals surface area (Å²) in [4.78, 5) is 30.2. The molecule has 6 nitrogen and oxygen atoms in total. The number of hydroxylamine groups is 1. The highest BCUT2D eigenvalue weighted by molar-refractivity contribution is 5.94. The number of pyridine rings is 1. The minimum atomic E-state index is -1.15. The van der Waals surface area contributed by atoms with Crippen molar-refractivity contribution >= 4 is 11.9 Å². The van der Waals surface area contributed by atoms with Crippen molar-refractivity contribution in [2.45, 2.75) is 13.8 Å². The number of nitrogens with zero attached hydrogens (tertiary/aromatic N) is 1. The molecule has 1 aromatic rings. The zero-order chi connectivity index (χ0) is 12.1. The van der Waals surface area contributed by atoms with Crippen LogP contribution in [0.3, 0.4) is 0 Å². The van der Waals surface area contributed by atoms with Gasteiger partial charge in [-0.1, -0.05) is 0 Å². The van der Waals surface area contributed by atoms with Crippen molar-refractivity contribution in [1.29, 1.82) is 0 Å². The predicted octanol–water partition coefficient (Wildman–Crippen LogP) is 0.444. The Kier molecular flexibility index (Phi) is 3.96. The molecule has 1 rings (SSSR count). The van der Waals surface area contributed by atoms with Crippen molar-refractivity contribution in [1.82, 2.24) is 10.5 Å². The van der Waals surface area contributed by atoms with E-state index in [1.807, 2.05) is 12.4 Å². The molecule has 0 unspecified atom stereocenters. The van der Waals surface area contributed by atoms with E-state index in [0.717, 1.165) is 5.69 Å². The summed E-state index contributed by atoms with van der Waals surface area (Å²) in [6.45, 7) is 2.93. The molecule has 86 valence electrons. The molecule has 0 aliphatic heterocycles. The minimum Gasteiger partial charge on any atom is -0.479 e. The van der Waals surface area contributed by atoms with Crippen LogP contribution >= 0.6 is 0 Å². The monoisotopic (exact) mass is 224 g/mol. The van der Waals surface area contributed by atoms with Gasteiger partial charge in [-0.2, -0.15) is 0 Å². The summed E-state index contributed by atoms with van der Waals surface area (Å²) in [6.07, 6.45) is 0. The van der Waals surface area contributed by atoms with Gasteiger partial charge in [0.25, 0.3) is 5.91 Å². The number of aromatic nitrogens is 1. The zero-order valence-electron chi connectivity index (χ0n) is 8.98. The van der Waals surface area contributed by atoms with E-state index in [4.69, 9.17) is 5.11 Å². The second-order valence-corrected chi connectivity index (χ2v) is 3.20. The van der Waals surface area contributed by atoms with Gasteiger partial charge in [0.2, 0.25) is 0 Å². The molecular weight excluding hydrogens is 212 g/mol. The topological polar surface area (TPSA) is 88.5 Å². The quantitative estimate of drug-likeness (QED) is 0.724. The number of carboxylic acids is 1. The zero-order valence-corrected chi connectivity index (χ0v) is 8.98. The average molecular weight is 224 g/mol. The first-order valence-electron chi connectivity index (χ1n) is 4.59. The molecule has 0 radical (unpaired) electrons. The van der Waals surface area contributed by atoms with Crippen molar-refractivity contribution < 1.29 is 19.5 Å². The summed E-state index contributed by atoms with van der Waals surface area (Å²) < 4.78 is 0. The number of amides is 1. The lowest BCUT2D eigenvalue weighted by Gasteiger charge is -2.06. The molecule has 0 atom stereocenters. The Morgan fingerprint density at radius 3 is 2.69 bits per heavy atom. The Balaban J connectivity index is 2.63. The molecule has 0 spiro atoms. The lowest BCUT2D eigenvalue weighted by molar-refractivity contribution is -0.144. The Morgan fingerprint density at radius 1 is 1.44 bits per heavy atom. The van der Waals surface area contributed by atoms with E-state index in [-0.39, 0.29) is 0 Å². The van der Waals surface area contributed by atoms with E-state index in [1.54, 1.807) is 19.1 Å². The van der Waals surface area contributed by atoms with Gasteiger partial charge in [0.15, 0.2) is 6.61 Å². The summed E-state index contributed by atoms with van der Waals surface area (Å²) in [7, 11) is 0. The lowest BCUT2D eigenvalue weighted by atomic mass is 10.2.